The number of hydrogen-bond donors (Lipinski definition) is 3. The summed E-state index contributed by atoms with van der Waals surface area (Å²) in [5.74, 6) is -0.381. The summed E-state index contributed by atoms with van der Waals surface area (Å²) >= 11 is 3.31. The molecule has 0 saturated heterocycles. The summed E-state index contributed by atoms with van der Waals surface area (Å²) in [6, 6.07) is 4.70. The summed E-state index contributed by atoms with van der Waals surface area (Å²) in [5, 5.41) is 13.9. The molecular weight excluding hydrogens is 344 g/mol. The molecule has 0 radical (unpaired) electrons. The van der Waals surface area contributed by atoms with Crippen molar-refractivity contribution in [3.8, 4) is 5.75 Å². The lowest BCUT2D eigenvalue weighted by molar-refractivity contribution is -0.139. The Morgan fingerprint density at radius 2 is 2.10 bits per heavy atom. The van der Waals surface area contributed by atoms with Crippen LogP contribution in [0.25, 0.3) is 0 Å². The third kappa shape index (κ3) is 6.01. The standard InChI is InChI=1S/C13H17BrN2O5/c1-20-8-3-4-10(14)11(5-8)16-13(19)15-7-9(21-2)6-12(17)18/h3-5,9H,6-7H2,1-2H3,(H,17,18)(H2,15,16,19). The summed E-state index contributed by atoms with van der Waals surface area (Å²) < 4.78 is 10.7. The smallest absolute Gasteiger partial charge is 0.319 e. The summed E-state index contributed by atoms with van der Waals surface area (Å²) in [7, 11) is 2.92. The van der Waals surface area contributed by atoms with E-state index in [4.69, 9.17) is 14.6 Å². The molecule has 1 aromatic rings. The van der Waals surface area contributed by atoms with E-state index < -0.39 is 18.1 Å². The highest BCUT2D eigenvalue weighted by Crippen LogP contribution is 2.26. The first-order chi connectivity index (χ1) is 9.96. The number of aliphatic carboxylic acids is 1. The van der Waals surface area contributed by atoms with Crippen molar-refractivity contribution in [3.63, 3.8) is 0 Å². The number of nitrogens with one attached hydrogen (secondary N) is 2. The van der Waals surface area contributed by atoms with Crippen LogP contribution in [0.5, 0.6) is 5.75 Å². The molecule has 0 aliphatic heterocycles. The average molecular weight is 361 g/mol. The SMILES string of the molecule is COc1ccc(Br)c(NC(=O)NCC(CC(=O)O)OC)c1. The largest absolute Gasteiger partial charge is 0.497 e. The van der Waals surface area contributed by atoms with Gasteiger partial charge in [-0.2, -0.15) is 0 Å². The Kier molecular flexibility index (Phi) is 6.97. The van der Waals surface area contributed by atoms with Crippen LogP contribution < -0.4 is 15.4 Å². The zero-order valence-corrected chi connectivity index (χ0v) is 13.3. The molecule has 0 saturated carbocycles. The minimum Gasteiger partial charge on any atom is -0.497 e. The lowest BCUT2D eigenvalue weighted by Gasteiger charge is -2.15. The number of methoxy groups -OCH3 is 2. The van der Waals surface area contributed by atoms with Gasteiger partial charge in [-0.25, -0.2) is 4.79 Å². The van der Waals surface area contributed by atoms with Gasteiger partial charge in [0.05, 0.1) is 25.3 Å². The molecule has 21 heavy (non-hydrogen) atoms. The molecule has 0 spiro atoms. The van der Waals surface area contributed by atoms with Crippen molar-refractivity contribution in [1.82, 2.24) is 5.32 Å². The van der Waals surface area contributed by atoms with Crippen LogP contribution in [0.15, 0.2) is 22.7 Å². The summed E-state index contributed by atoms with van der Waals surface area (Å²) in [5.41, 5.74) is 0.541. The highest BCUT2D eigenvalue weighted by atomic mass is 79.9. The highest BCUT2D eigenvalue weighted by Gasteiger charge is 2.14. The molecule has 1 atom stereocenters. The number of ether oxygens (including phenoxy) is 2. The molecule has 1 aromatic carbocycles. The maximum absolute atomic E-state index is 11.8. The number of carboxylic acids is 1. The number of amides is 2. The van der Waals surface area contributed by atoms with Gasteiger partial charge in [0.15, 0.2) is 0 Å². The van der Waals surface area contributed by atoms with E-state index in [1.807, 2.05) is 0 Å². The quantitative estimate of drug-likeness (QED) is 0.691. The van der Waals surface area contributed by atoms with E-state index in [1.165, 1.54) is 14.2 Å². The van der Waals surface area contributed by atoms with Gasteiger partial charge in [-0.3, -0.25) is 4.79 Å². The maximum atomic E-state index is 11.8. The Labute approximate surface area is 130 Å². The first-order valence-electron chi connectivity index (χ1n) is 6.09. The van der Waals surface area contributed by atoms with Crippen LogP contribution in [-0.4, -0.2) is 44.0 Å². The Balaban J connectivity index is 2.55. The lowest BCUT2D eigenvalue weighted by Crippen LogP contribution is -2.37. The molecule has 0 aliphatic carbocycles. The van der Waals surface area contributed by atoms with E-state index in [1.54, 1.807) is 18.2 Å². The average Bonchev–Trinajstić information content (AvgIpc) is 2.45. The second kappa shape index (κ2) is 8.48. The van der Waals surface area contributed by atoms with Crippen molar-refractivity contribution in [2.24, 2.45) is 0 Å². The second-order valence-electron chi connectivity index (χ2n) is 4.14. The number of benzene rings is 1. The number of halogens is 1. The summed E-state index contributed by atoms with van der Waals surface area (Å²) in [6.07, 6.45) is -0.762. The van der Waals surface area contributed by atoms with Crippen molar-refractivity contribution in [2.45, 2.75) is 12.5 Å². The maximum Gasteiger partial charge on any atom is 0.319 e. The molecule has 1 rings (SSSR count). The van der Waals surface area contributed by atoms with Crippen LogP contribution >= 0.6 is 15.9 Å². The number of urea groups is 1. The molecule has 0 aromatic heterocycles. The topological polar surface area (TPSA) is 96.9 Å². The van der Waals surface area contributed by atoms with Crippen LogP contribution in [0.2, 0.25) is 0 Å². The lowest BCUT2D eigenvalue weighted by atomic mass is 10.2. The zero-order chi connectivity index (χ0) is 15.8. The molecule has 116 valence electrons. The van der Waals surface area contributed by atoms with Gasteiger partial charge < -0.3 is 25.2 Å². The fraction of sp³-hybridized carbons (Fsp3) is 0.385. The third-order valence-corrected chi connectivity index (χ3v) is 3.34. The Bertz CT molecular complexity index is 509. The Morgan fingerprint density at radius 1 is 1.38 bits per heavy atom. The summed E-state index contributed by atoms with van der Waals surface area (Å²) in [6.45, 7) is 0.0935. The predicted molar refractivity (Wildman–Crippen MR) is 80.8 cm³/mol. The third-order valence-electron chi connectivity index (χ3n) is 2.65. The first-order valence-corrected chi connectivity index (χ1v) is 6.88. The Morgan fingerprint density at radius 3 is 2.67 bits per heavy atom. The van der Waals surface area contributed by atoms with Crippen LogP contribution in [0.3, 0.4) is 0 Å². The van der Waals surface area contributed by atoms with E-state index in [-0.39, 0.29) is 13.0 Å². The second-order valence-corrected chi connectivity index (χ2v) is 4.99. The van der Waals surface area contributed by atoms with Crippen molar-refractivity contribution >= 4 is 33.6 Å². The molecule has 2 amide bonds. The minimum absolute atomic E-state index is 0.0935. The van der Waals surface area contributed by atoms with Gasteiger partial charge in [-0.1, -0.05) is 0 Å². The first kappa shape index (κ1) is 17.3. The molecule has 0 heterocycles. The number of anilines is 1. The molecule has 0 aliphatic rings. The summed E-state index contributed by atoms with van der Waals surface area (Å²) in [4.78, 5) is 22.4. The molecule has 7 nitrogen and oxygen atoms in total. The van der Waals surface area contributed by atoms with E-state index in [0.717, 1.165) is 0 Å². The van der Waals surface area contributed by atoms with Crippen molar-refractivity contribution in [3.05, 3.63) is 22.7 Å². The van der Waals surface area contributed by atoms with Crippen molar-refractivity contribution < 1.29 is 24.2 Å². The van der Waals surface area contributed by atoms with E-state index in [9.17, 15) is 9.59 Å². The fourth-order valence-electron chi connectivity index (χ4n) is 1.53. The normalized spacial score (nSPS) is 11.6. The van der Waals surface area contributed by atoms with E-state index in [2.05, 4.69) is 26.6 Å². The van der Waals surface area contributed by atoms with Crippen LogP contribution in [0.4, 0.5) is 10.5 Å². The van der Waals surface area contributed by atoms with Crippen LogP contribution in [0, 0.1) is 0 Å². The van der Waals surface area contributed by atoms with Crippen LogP contribution in [0.1, 0.15) is 6.42 Å². The molecule has 3 N–H and O–H groups in total. The van der Waals surface area contributed by atoms with Gasteiger partial charge in [0, 0.05) is 24.2 Å². The van der Waals surface area contributed by atoms with E-state index in [0.29, 0.717) is 15.9 Å². The van der Waals surface area contributed by atoms with Crippen molar-refractivity contribution in [1.29, 1.82) is 0 Å². The zero-order valence-electron chi connectivity index (χ0n) is 11.7. The molecule has 8 heteroatoms. The monoisotopic (exact) mass is 360 g/mol. The van der Waals surface area contributed by atoms with Crippen LogP contribution in [-0.2, 0) is 9.53 Å². The van der Waals surface area contributed by atoms with Crippen molar-refractivity contribution in [2.75, 3.05) is 26.1 Å². The minimum atomic E-state index is -0.986. The van der Waals surface area contributed by atoms with Gasteiger partial charge in [0.2, 0.25) is 0 Å². The van der Waals surface area contributed by atoms with Gasteiger partial charge >= 0.3 is 12.0 Å². The molecular formula is C13H17BrN2O5. The van der Waals surface area contributed by atoms with Gasteiger partial charge in [-0.15, -0.1) is 0 Å². The highest BCUT2D eigenvalue weighted by molar-refractivity contribution is 9.10. The van der Waals surface area contributed by atoms with Gasteiger partial charge in [0.25, 0.3) is 0 Å². The number of carbonyl (C=O) groups excluding carboxylic acids is 1. The predicted octanol–water partition coefficient (Wildman–Crippen LogP) is 2.07. The molecule has 0 bridgehead atoms. The van der Waals surface area contributed by atoms with Gasteiger partial charge in [0.1, 0.15) is 5.75 Å². The molecule has 0 fully saturated rings. The number of rotatable bonds is 7. The van der Waals surface area contributed by atoms with E-state index >= 15 is 0 Å². The fourth-order valence-corrected chi connectivity index (χ4v) is 1.88. The number of carbonyl (C=O) groups is 2. The number of hydrogen-bond acceptors (Lipinski definition) is 4. The Hall–Kier alpha value is -1.80. The van der Waals surface area contributed by atoms with Gasteiger partial charge in [-0.05, 0) is 28.1 Å². The number of carboxylic acid groups (broad SMARTS) is 1. The molecule has 1 unspecified atom stereocenters.